The van der Waals surface area contributed by atoms with Gasteiger partial charge < -0.3 is 16.2 Å². The minimum absolute atomic E-state index is 0.0984. The molecule has 4 N–H and O–H groups in total. The summed E-state index contributed by atoms with van der Waals surface area (Å²) in [5.41, 5.74) is 5.92. The highest BCUT2D eigenvalue weighted by Gasteiger charge is 2.34. The molecule has 0 saturated carbocycles. The van der Waals surface area contributed by atoms with Crippen molar-refractivity contribution < 1.29 is 5.11 Å². The first-order valence-corrected chi connectivity index (χ1v) is 4.36. The van der Waals surface area contributed by atoms with Gasteiger partial charge in [-0.05, 0) is 25.8 Å². The summed E-state index contributed by atoms with van der Waals surface area (Å²) in [6.45, 7) is 3.23. The Morgan fingerprint density at radius 3 is 2.91 bits per heavy atom. The van der Waals surface area contributed by atoms with Crippen LogP contribution in [0.4, 0.5) is 0 Å². The Labute approximate surface area is 68.0 Å². The van der Waals surface area contributed by atoms with Gasteiger partial charge in [-0.3, -0.25) is 0 Å². The second-order valence-electron chi connectivity index (χ2n) is 3.38. The molecule has 0 spiro atoms. The molecule has 1 rings (SSSR count). The minimum atomic E-state index is -0.174. The Hall–Kier alpha value is -0.120. The molecule has 1 aliphatic rings. The summed E-state index contributed by atoms with van der Waals surface area (Å²) in [5.74, 6) is 0. The molecule has 0 amide bonds. The number of nitrogens with two attached hydrogens (primary N) is 1. The summed E-state index contributed by atoms with van der Waals surface area (Å²) in [6, 6.07) is 0.0984. The molecule has 1 heterocycles. The number of aliphatic hydroxyl groups excluding tert-OH is 1. The molecule has 1 saturated heterocycles. The van der Waals surface area contributed by atoms with Gasteiger partial charge in [0.1, 0.15) is 0 Å². The van der Waals surface area contributed by atoms with Crippen LogP contribution in [0.1, 0.15) is 26.2 Å². The Morgan fingerprint density at radius 2 is 2.45 bits per heavy atom. The third-order valence-electron chi connectivity index (χ3n) is 2.74. The van der Waals surface area contributed by atoms with Gasteiger partial charge in [0, 0.05) is 11.6 Å². The summed E-state index contributed by atoms with van der Waals surface area (Å²) in [5, 5.41) is 12.3. The molecule has 1 fully saturated rings. The van der Waals surface area contributed by atoms with Crippen LogP contribution in [0.2, 0.25) is 0 Å². The average Bonchev–Trinajstić information content (AvgIpc) is 2.05. The lowest BCUT2D eigenvalue weighted by atomic mass is 9.81. The van der Waals surface area contributed by atoms with Crippen LogP contribution in [-0.2, 0) is 0 Å². The zero-order valence-corrected chi connectivity index (χ0v) is 7.14. The number of hydrogen-bond acceptors (Lipinski definition) is 3. The molecule has 0 aromatic rings. The van der Waals surface area contributed by atoms with E-state index in [-0.39, 0.29) is 18.2 Å². The highest BCUT2D eigenvalue weighted by atomic mass is 16.3. The lowest BCUT2D eigenvalue weighted by Gasteiger charge is -2.40. The zero-order chi connectivity index (χ0) is 8.32. The quantitative estimate of drug-likeness (QED) is 0.523. The van der Waals surface area contributed by atoms with Gasteiger partial charge in [0.15, 0.2) is 0 Å². The largest absolute Gasteiger partial charge is 0.395 e. The maximum Gasteiger partial charge on any atom is 0.0602 e. The summed E-state index contributed by atoms with van der Waals surface area (Å²) < 4.78 is 0. The molecule has 3 nitrogen and oxygen atoms in total. The molecule has 0 aliphatic carbocycles. The fourth-order valence-electron chi connectivity index (χ4n) is 1.74. The molecular formula is C8H18N2O. The van der Waals surface area contributed by atoms with Crippen molar-refractivity contribution in [1.29, 1.82) is 0 Å². The summed E-state index contributed by atoms with van der Waals surface area (Å²) in [7, 11) is 0. The Balaban J connectivity index is 2.57. The standard InChI is InChI=1S/C8H18N2O/c1-2-8(9)4-3-5-10-7(8)6-11/h7,10-11H,2-6,9H2,1H3. The molecule has 2 unspecified atom stereocenters. The number of nitrogens with one attached hydrogen (secondary N) is 1. The fourth-order valence-corrected chi connectivity index (χ4v) is 1.74. The van der Waals surface area contributed by atoms with E-state index in [1.807, 2.05) is 0 Å². The van der Waals surface area contributed by atoms with E-state index in [0.29, 0.717) is 0 Å². The summed E-state index contributed by atoms with van der Waals surface area (Å²) in [4.78, 5) is 0. The normalized spacial score (nSPS) is 39.0. The van der Waals surface area contributed by atoms with Crippen molar-refractivity contribution in [3.05, 3.63) is 0 Å². The van der Waals surface area contributed by atoms with Gasteiger partial charge in [0.05, 0.1) is 6.61 Å². The first kappa shape index (κ1) is 8.97. The van der Waals surface area contributed by atoms with Crippen LogP contribution in [0.15, 0.2) is 0 Å². The Bertz CT molecular complexity index is 129. The molecule has 0 radical (unpaired) electrons. The number of rotatable bonds is 2. The predicted molar refractivity (Wildman–Crippen MR) is 45.3 cm³/mol. The average molecular weight is 158 g/mol. The van der Waals surface area contributed by atoms with Crippen LogP contribution in [0, 0.1) is 0 Å². The van der Waals surface area contributed by atoms with Crippen LogP contribution >= 0.6 is 0 Å². The number of aliphatic hydroxyl groups is 1. The van der Waals surface area contributed by atoms with Crippen molar-refractivity contribution in [3.8, 4) is 0 Å². The molecule has 11 heavy (non-hydrogen) atoms. The van der Waals surface area contributed by atoms with Crippen molar-refractivity contribution in [1.82, 2.24) is 5.32 Å². The fraction of sp³-hybridized carbons (Fsp3) is 1.00. The van der Waals surface area contributed by atoms with E-state index in [2.05, 4.69) is 12.2 Å². The second-order valence-corrected chi connectivity index (χ2v) is 3.38. The van der Waals surface area contributed by atoms with Crippen molar-refractivity contribution in [3.63, 3.8) is 0 Å². The van der Waals surface area contributed by atoms with E-state index in [1.54, 1.807) is 0 Å². The minimum Gasteiger partial charge on any atom is -0.395 e. The molecule has 0 aromatic carbocycles. The third-order valence-corrected chi connectivity index (χ3v) is 2.74. The van der Waals surface area contributed by atoms with Gasteiger partial charge in [-0.15, -0.1) is 0 Å². The van der Waals surface area contributed by atoms with Gasteiger partial charge in [-0.25, -0.2) is 0 Å². The first-order valence-electron chi connectivity index (χ1n) is 4.36. The summed E-state index contributed by atoms with van der Waals surface area (Å²) in [6.07, 6.45) is 3.09. The topological polar surface area (TPSA) is 58.3 Å². The highest BCUT2D eigenvalue weighted by Crippen LogP contribution is 2.21. The molecule has 0 aromatic heterocycles. The number of piperidine rings is 1. The van der Waals surface area contributed by atoms with Gasteiger partial charge in [-0.1, -0.05) is 6.92 Å². The predicted octanol–water partition coefficient (Wildman–Crippen LogP) is -0.162. The molecular weight excluding hydrogens is 140 g/mol. The maximum absolute atomic E-state index is 9.02. The number of hydrogen-bond donors (Lipinski definition) is 3. The van der Waals surface area contributed by atoms with Gasteiger partial charge >= 0.3 is 0 Å². The third kappa shape index (κ3) is 1.72. The van der Waals surface area contributed by atoms with E-state index >= 15 is 0 Å². The van der Waals surface area contributed by atoms with Gasteiger partial charge in [0.25, 0.3) is 0 Å². The zero-order valence-electron chi connectivity index (χ0n) is 7.14. The van der Waals surface area contributed by atoms with Crippen LogP contribution < -0.4 is 11.1 Å². The molecule has 1 aliphatic heterocycles. The van der Waals surface area contributed by atoms with Crippen molar-refractivity contribution in [2.45, 2.75) is 37.8 Å². The SMILES string of the molecule is CCC1(N)CCCNC1CO. The highest BCUT2D eigenvalue weighted by molar-refractivity contribution is 4.97. The van der Waals surface area contributed by atoms with E-state index in [0.717, 1.165) is 25.8 Å². The Morgan fingerprint density at radius 1 is 1.73 bits per heavy atom. The first-order chi connectivity index (χ1) is 5.23. The van der Waals surface area contributed by atoms with Crippen LogP contribution in [0.25, 0.3) is 0 Å². The van der Waals surface area contributed by atoms with Crippen molar-refractivity contribution >= 4 is 0 Å². The van der Waals surface area contributed by atoms with E-state index < -0.39 is 0 Å². The van der Waals surface area contributed by atoms with E-state index in [1.165, 1.54) is 0 Å². The van der Waals surface area contributed by atoms with Crippen molar-refractivity contribution in [2.75, 3.05) is 13.2 Å². The lowest BCUT2D eigenvalue weighted by Crippen LogP contribution is -2.61. The van der Waals surface area contributed by atoms with Gasteiger partial charge in [-0.2, -0.15) is 0 Å². The summed E-state index contributed by atoms with van der Waals surface area (Å²) >= 11 is 0. The molecule has 66 valence electrons. The Kier molecular flexibility index (Phi) is 2.87. The van der Waals surface area contributed by atoms with Crippen molar-refractivity contribution in [2.24, 2.45) is 5.73 Å². The molecule has 3 heteroatoms. The molecule has 2 atom stereocenters. The lowest BCUT2D eigenvalue weighted by molar-refractivity contribution is 0.142. The van der Waals surface area contributed by atoms with E-state index in [4.69, 9.17) is 10.8 Å². The van der Waals surface area contributed by atoms with Crippen LogP contribution in [0.3, 0.4) is 0 Å². The second kappa shape index (κ2) is 3.52. The monoisotopic (exact) mass is 158 g/mol. The smallest absolute Gasteiger partial charge is 0.0602 e. The van der Waals surface area contributed by atoms with Crippen LogP contribution in [-0.4, -0.2) is 29.8 Å². The van der Waals surface area contributed by atoms with E-state index in [9.17, 15) is 0 Å². The van der Waals surface area contributed by atoms with Gasteiger partial charge in [0.2, 0.25) is 0 Å². The maximum atomic E-state index is 9.02. The van der Waals surface area contributed by atoms with Crippen LogP contribution in [0.5, 0.6) is 0 Å². The molecule has 0 bridgehead atoms.